The second-order valence-electron chi connectivity index (χ2n) is 10.8. The lowest BCUT2D eigenvalue weighted by atomic mass is 10.1. The van der Waals surface area contributed by atoms with Crippen LogP contribution in [-0.4, -0.2) is 87.1 Å². The number of pyridine rings is 1. The molecule has 3 aromatic heterocycles. The predicted molar refractivity (Wildman–Crippen MR) is 160 cm³/mol. The Morgan fingerprint density at radius 3 is 2.60 bits per heavy atom. The van der Waals surface area contributed by atoms with Crippen molar-refractivity contribution in [3.63, 3.8) is 0 Å². The largest absolute Gasteiger partial charge is 0.389 e. The van der Waals surface area contributed by atoms with Crippen LogP contribution in [0.1, 0.15) is 28.8 Å². The minimum Gasteiger partial charge on any atom is -0.389 e. The second kappa shape index (κ2) is 11.7. The number of likely N-dealkylation sites (tertiary alicyclic amines) is 1. The number of piperazine rings is 1. The summed E-state index contributed by atoms with van der Waals surface area (Å²) < 4.78 is 15.6. The Hall–Kier alpha value is -4.05. The van der Waals surface area contributed by atoms with E-state index in [1.807, 2.05) is 0 Å². The van der Waals surface area contributed by atoms with Gasteiger partial charge in [0.05, 0.1) is 36.3 Å². The molecule has 42 heavy (non-hydrogen) atoms. The number of benzene rings is 1. The van der Waals surface area contributed by atoms with Gasteiger partial charge in [0.25, 0.3) is 0 Å². The van der Waals surface area contributed by atoms with Gasteiger partial charge in [0.1, 0.15) is 28.1 Å². The molecule has 2 aliphatic rings. The number of rotatable bonds is 8. The number of fused-ring (bicyclic) bond motifs is 1. The van der Waals surface area contributed by atoms with Gasteiger partial charge in [-0.25, -0.2) is 14.4 Å². The zero-order valence-corrected chi connectivity index (χ0v) is 24.5. The third-order valence-electron chi connectivity index (χ3n) is 7.97. The number of nitrogens with zero attached hydrogens (tertiary/aromatic N) is 7. The summed E-state index contributed by atoms with van der Waals surface area (Å²) in [6, 6.07) is 10.4. The molecular weight excluding hydrogens is 555 g/mol. The number of carbonyl (C=O) groups is 1. The molecule has 0 unspecified atom stereocenters. The molecule has 1 aromatic carbocycles. The normalized spacial score (nSPS) is 16.1. The maximum atomic E-state index is 13.4. The summed E-state index contributed by atoms with van der Waals surface area (Å²) >= 11 is 1.28. The number of nitriles is 1. The minimum atomic E-state index is -0.379. The van der Waals surface area contributed by atoms with Crippen molar-refractivity contribution >= 4 is 33.7 Å². The molecule has 2 saturated heterocycles. The number of aliphatic hydroxyl groups excluding tert-OH is 1. The van der Waals surface area contributed by atoms with E-state index in [9.17, 15) is 19.6 Å². The van der Waals surface area contributed by atoms with E-state index in [4.69, 9.17) is 4.98 Å². The summed E-state index contributed by atoms with van der Waals surface area (Å²) in [4.78, 5) is 28.7. The molecule has 5 heterocycles. The quantitative estimate of drug-likeness (QED) is 0.323. The summed E-state index contributed by atoms with van der Waals surface area (Å²) in [6.45, 7) is 9.13. The van der Waals surface area contributed by atoms with Crippen LogP contribution in [-0.2, 0) is 17.8 Å². The number of hydrogen-bond acceptors (Lipinski definition) is 9. The summed E-state index contributed by atoms with van der Waals surface area (Å²) in [5, 5.41) is 23.2. The number of carbonyl (C=O) groups excluding carboxylic acids is 1. The molecule has 0 atom stereocenters. The highest BCUT2D eigenvalue weighted by Crippen LogP contribution is 2.31. The molecule has 0 bridgehead atoms. The lowest BCUT2D eigenvalue weighted by molar-refractivity contribution is -0.142. The molecule has 0 spiro atoms. The average Bonchev–Trinajstić information content (AvgIpc) is 3.56. The lowest BCUT2D eigenvalue weighted by Crippen LogP contribution is -2.57. The van der Waals surface area contributed by atoms with Gasteiger partial charge in [-0.3, -0.25) is 14.1 Å². The van der Waals surface area contributed by atoms with E-state index in [2.05, 4.69) is 56.7 Å². The number of β-amino-alcohol motifs (C(OH)–C–C–N with tert-alkyl or cyclic N) is 1. The molecule has 218 valence electrons. The van der Waals surface area contributed by atoms with E-state index in [1.54, 1.807) is 17.0 Å². The van der Waals surface area contributed by atoms with Crippen LogP contribution in [0.4, 0.5) is 15.2 Å². The van der Waals surface area contributed by atoms with Crippen molar-refractivity contribution in [2.24, 2.45) is 0 Å². The topological polar surface area (TPSA) is 113 Å². The third-order valence-corrected chi connectivity index (χ3v) is 8.89. The molecule has 0 radical (unpaired) electrons. The highest BCUT2D eigenvalue weighted by atomic mass is 32.1. The predicted octanol–water partition coefficient (Wildman–Crippen LogP) is 3.28. The van der Waals surface area contributed by atoms with Crippen molar-refractivity contribution in [2.45, 2.75) is 32.9 Å². The standard InChI is InChI=1S/C30H33FN8O2S/c1-3-24-25(14-33-30-35-28(26(13-32)42-30)20-4-6-21(31)7-5-20)39-15-22(12-19(2)29(39)34-24)37-10-8-36(9-11-37)18-27(41)38-16-23(40)17-38/h4-7,12,15,23,40H,3,8-11,14,16-18H2,1-2H3,(H,33,35). The smallest absolute Gasteiger partial charge is 0.236 e. The van der Waals surface area contributed by atoms with Gasteiger partial charge in [-0.2, -0.15) is 5.26 Å². The first kappa shape index (κ1) is 28.1. The van der Waals surface area contributed by atoms with E-state index < -0.39 is 0 Å². The van der Waals surface area contributed by atoms with Gasteiger partial charge in [0.15, 0.2) is 5.13 Å². The van der Waals surface area contributed by atoms with Crippen LogP contribution in [0.25, 0.3) is 16.9 Å². The fourth-order valence-electron chi connectivity index (χ4n) is 5.58. The van der Waals surface area contributed by atoms with Crippen LogP contribution in [0.15, 0.2) is 36.5 Å². The molecule has 2 aliphatic heterocycles. The van der Waals surface area contributed by atoms with Crippen molar-refractivity contribution in [1.29, 1.82) is 5.26 Å². The Bertz CT molecular complexity index is 1650. The van der Waals surface area contributed by atoms with Gasteiger partial charge in [-0.15, -0.1) is 0 Å². The van der Waals surface area contributed by atoms with Gasteiger partial charge in [0, 0.05) is 51.0 Å². The van der Waals surface area contributed by atoms with E-state index in [1.165, 1.54) is 23.5 Å². The zero-order chi connectivity index (χ0) is 29.4. The first-order valence-electron chi connectivity index (χ1n) is 14.2. The summed E-state index contributed by atoms with van der Waals surface area (Å²) in [5.41, 5.74) is 6.39. The Labute approximate surface area is 247 Å². The summed E-state index contributed by atoms with van der Waals surface area (Å²) in [5.74, 6) is -0.249. The van der Waals surface area contributed by atoms with Gasteiger partial charge in [-0.05, 0) is 49.2 Å². The molecule has 12 heteroatoms. The van der Waals surface area contributed by atoms with E-state index in [-0.39, 0.29) is 17.8 Å². The van der Waals surface area contributed by atoms with E-state index in [0.29, 0.717) is 47.4 Å². The van der Waals surface area contributed by atoms with Crippen LogP contribution >= 0.6 is 11.3 Å². The van der Waals surface area contributed by atoms with Crippen molar-refractivity contribution in [1.82, 2.24) is 24.2 Å². The van der Waals surface area contributed by atoms with Crippen LogP contribution in [0.5, 0.6) is 0 Å². The molecule has 2 fully saturated rings. The SMILES string of the molecule is CCc1nc2c(C)cc(N3CCN(CC(=O)N4CC(O)C4)CC3)cn2c1CNc1nc(-c2ccc(F)cc2)c(C#N)s1. The van der Waals surface area contributed by atoms with Crippen LogP contribution in [0.3, 0.4) is 0 Å². The fraction of sp³-hybridized carbons (Fsp3) is 0.400. The molecular formula is C30H33FN8O2S. The number of anilines is 2. The van der Waals surface area contributed by atoms with Crippen molar-refractivity contribution < 1.29 is 14.3 Å². The highest BCUT2D eigenvalue weighted by Gasteiger charge is 2.30. The number of halogens is 1. The maximum absolute atomic E-state index is 13.4. The number of imidazole rings is 1. The second-order valence-corrected chi connectivity index (χ2v) is 11.8. The number of nitrogens with one attached hydrogen (secondary N) is 1. The fourth-order valence-corrected chi connectivity index (χ4v) is 6.36. The average molecular weight is 589 g/mol. The van der Waals surface area contributed by atoms with Gasteiger partial charge < -0.3 is 20.2 Å². The number of amides is 1. The molecule has 1 amide bonds. The van der Waals surface area contributed by atoms with Crippen molar-refractivity contribution in [3.05, 3.63) is 64.2 Å². The van der Waals surface area contributed by atoms with E-state index in [0.717, 1.165) is 60.9 Å². The number of aromatic nitrogens is 3. The summed E-state index contributed by atoms with van der Waals surface area (Å²) in [7, 11) is 0. The Morgan fingerprint density at radius 2 is 1.93 bits per heavy atom. The van der Waals surface area contributed by atoms with Gasteiger partial charge >= 0.3 is 0 Å². The molecule has 6 rings (SSSR count). The van der Waals surface area contributed by atoms with Crippen LogP contribution in [0.2, 0.25) is 0 Å². The lowest BCUT2D eigenvalue weighted by Gasteiger charge is -2.39. The van der Waals surface area contributed by atoms with Crippen molar-refractivity contribution in [2.75, 3.05) is 56.0 Å². The van der Waals surface area contributed by atoms with Crippen LogP contribution in [0, 0.1) is 24.1 Å². The maximum Gasteiger partial charge on any atom is 0.236 e. The first-order valence-corrected chi connectivity index (χ1v) is 15.0. The molecule has 10 nitrogen and oxygen atoms in total. The number of hydrogen-bond donors (Lipinski definition) is 2. The molecule has 0 aliphatic carbocycles. The zero-order valence-electron chi connectivity index (χ0n) is 23.7. The monoisotopic (exact) mass is 588 g/mol. The van der Waals surface area contributed by atoms with Crippen molar-refractivity contribution in [3.8, 4) is 17.3 Å². The van der Waals surface area contributed by atoms with Crippen LogP contribution < -0.4 is 10.2 Å². The molecule has 0 saturated carbocycles. The highest BCUT2D eigenvalue weighted by molar-refractivity contribution is 7.16. The number of aryl methyl sites for hydroxylation is 2. The minimum absolute atomic E-state index is 0.0839. The molecule has 2 N–H and O–H groups in total. The van der Waals surface area contributed by atoms with Gasteiger partial charge in [0.2, 0.25) is 5.91 Å². The van der Waals surface area contributed by atoms with E-state index >= 15 is 0 Å². The number of thiazole rings is 1. The first-order chi connectivity index (χ1) is 20.3. The Morgan fingerprint density at radius 1 is 1.19 bits per heavy atom. The number of aliphatic hydroxyl groups is 1. The van der Waals surface area contributed by atoms with Gasteiger partial charge in [-0.1, -0.05) is 18.3 Å². The third kappa shape index (κ3) is 5.55. The Balaban J connectivity index is 1.18. The Kier molecular flexibility index (Phi) is 7.81. The molecule has 4 aromatic rings. The summed E-state index contributed by atoms with van der Waals surface area (Å²) in [6.07, 6.45) is 2.53.